The van der Waals surface area contributed by atoms with Crippen LogP contribution in [-0.4, -0.2) is 46.4 Å². The number of benzene rings is 1. The highest BCUT2D eigenvalue weighted by Gasteiger charge is 2.46. The molecule has 2 aliphatic rings. The van der Waals surface area contributed by atoms with Gasteiger partial charge in [0.25, 0.3) is 5.91 Å². The van der Waals surface area contributed by atoms with E-state index in [4.69, 9.17) is 11.6 Å². The number of aromatic nitrogens is 1. The average Bonchev–Trinajstić information content (AvgIpc) is 3.14. The van der Waals surface area contributed by atoms with Crippen molar-refractivity contribution in [3.8, 4) is 0 Å². The highest BCUT2D eigenvalue weighted by atomic mass is 35.5. The molecule has 0 saturated carbocycles. The van der Waals surface area contributed by atoms with E-state index in [1.807, 2.05) is 22.4 Å². The fraction of sp³-hybridized carbons (Fsp3) is 0.375. The Hall–Kier alpha value is -1.43. The lowest BCUT2D eigenvalue weighted by Gasteiger charge is -2.43. The largest absolute Gasteiger partial charge is 0.335 e. The molecule has 4 rings (SSSR count). The second-order valence-electron chi connectivity index (χ2n) is 5.97. The van der Waals surface area contributed by atoms with Crippen molar-refractivity contribution in [2.45, 2.75) is 12.6 Å². The summed E-state index contributed by atoms with van der Waals surface area (Å²) in [5.74, 6) is 0.678. The molecular weight excluding hydrogens is 318 g/mol. The van der Waals surface area contributed by atoms with E-state index in [0.717, 1.165) is 31.2 Å². The number of hydrogen-bond donors (Lipinski definition) is 0. The average molecular weight is 334 g/mol. The number of hydrogen-bond acceptors (Lipinski definition) is 4. The van der Waals surface area contributed by atoms with Gasteiger partial charge < -0.3 is 4.90 Å². The number of halogens is 1. The first-order valence-corrected chi connectivity index (χ1v) is 8.69. The maximum Gasteiger partial charge on any atom is 0.273 e. The Bertz CT molecular complexity index is 673. The molecule has 3 heterocycles. The quantitative estimate of drug-likeness (QED) is 0.866. The molecule has 6 heteroatoms. The van der Waals surface area contributed by atoms with Gasteiger partial charge in [0.05, 0.1) is 5.51 Å². The molecule has 22 heavy (non-hydrogen) atoms. The third-order valence-electron chi connectivity index (χ3n) is 4.58. The molecule has 0 radical (unpaired) electrons. The van der Waals surface area contributed by atoms with Crippen LogP contribution in [0.2, 0.25) is 5.02 Å². The summed E-state index contributed by atoms with van der Waals surface area (Å²) in [5.41, 5.74) is 3.56. The normalized spacial score (nSPS) is 24.1. The van der Waals surface area contributed by atoms with Crippen molar-refractivity contribution in [2.75, 3.05) is 19.6 Å². The van der Waals surface area contributed by atoms with Gasteiger partial charge in [-0.05, 0) is 17.7 Å². The molecule has 0 bridgehead atoms. The fourth-order valence-corrected chi connectivity index (χ4v) is 4.05. The molecule has 2 saturated heterocycles. The van der Waals surface area contributed by atoms with E-state index >= 15 is 0 Å². The molecule has 0 spiro atoms. The summed E-state index contributed by atoms with van der Waals surface area (Å²) in [6.45, 7) is 3.66. The van der Waals surface area contributed by atoms with E-state index in [1.54, 1.807) is 5.51 Å². The zero-order valence-corrected chi connectivity index (χ0v) is 13.6. The number of fused-ring (bicyclic) bond motifs is 1. The van der Waals surface area contributed by atoms with Crippen molar-refractivity contribution >= 4 is 28.8 Å². The molecule has 0 unspecified atom stereocenters. The van der Waals surface area contributed by atoms with Crippen LogP contribution >= 0.6 is 22.9 Å². The predicted molar refractivity (Wildman–Crippen MR) is 87.2 cm³/mol. The van der Waals surface area contributed by atoms with Crippen LogP contribution in [-0.2, 0) is 6.54 Å². The lowest BCUT2D eigenvalue weighted by atomic mass is 9.91. The summed E-state index contributed by atoms with van der Waals surface area (Å²) in [5, 5.41) is 2.60. The molecular formula is C16H16ClN3OS. The summed E-state index contributed by atoms with van der Waals surface area (Å²) in [6, 6.07) is 8.49. The van der Waals surface area contributed by atoms with Crippen LogP contribution in [0, 0.1) is 5.92 Å². The molecule has 1 aromatic carbocycles. The monoisotopic (exact) mass is 333 g/mol. The van der Waals surface area contributed by atoms with E-state index in [2.05, 4.69) is 22.0 Å². The van der Waals surface area contributed by atoms with Gasteiger partial charge in [-0.15, -0.1) is 11.3 Å². The Morgan fingerprint density at radius 1 is 1.27 bits per heavy atom. The first kappa shape index (κ1) is 14.2. The van der Waals surface area contributed by atoms with Crippen LogP contribution in [0.25, 0.3) is 0 Å². The molecule has 2 fully saturated rings. The van der Waals surface area contributed by atoms with Crippen molar-refractivity contribution in [1.82, 2.24) is 14.8 Å². The second kappa shape index (κ2) is 5.65. The summed E-state index contributed by atoms with van der Waals surface area (Å²) in [7, 11) is 0. The molecule has 2 aromatic rings. The van der Waals surface area contributed by atoms with Crippen molar-refractivity contribution in [3.05, 3.63) is 51.4 Å². The number of rotatable bonds is 3. The van der Waals surface area contributed by atoms with Gasteiger partial charge in [-0.2, -0.15) is 0 Å². The molecule has 1 amide bonds. The molecule has 2 aliphatic heterocycles. The number of carbonyl (C=O) groups excluding carboxylic acids is 1. The van der Waals surface area contributed by atoms with Gasteiger partial charge in [0.15, 0.2) is 0 Å². The van der Waals surface area contributed by atoms with Crippen LogP contribution in [0.5, 0.6) is 0 Å². The van der Waals surface area contributed by atoms with Crippen LogP contribution in [0.15, 0.2) is 35.2 Å². The lowest BCUT2D eigenvalue weighted by Crippen LogP contribution is -2.54. The second-order valence-corrected chi connectivity index (χ2v) is 7.12. The maximum atomic E-state index is 12.4. The van der Waals surface area contributed by atoms with Crippen LogP contribution < -0.4 is 0 Å². The molecule has 1 aromatic heterocycles. The molecule has 114 valence electrons. The number of likely N-dealkylation sites (tertiary alicyclic amines) is 2. The molecule has 0 aliphatic carbocycles. The zero-order chi connectivity index (χ0) is 15.1. The van der Waals surface area contributed by atoms with Gasteiger partial charge in [0, 0.05) is 48.5 Å². The topological polar surface area (TPSA) is 36.4 Å². The SMILES string of the molecule is O=C(c1cscn1)N1C[C@@H]2CN(Cc3ccc(Cl)cc3)[C@@H]2C1. The Labute approximate surface area is 138 Å². The summed E-state index contributed by atoms with van der Waals surface area (Å²) in [4.78, 5) is 20.9. The minimum Gasteiger partial charge on any atom is -0.335 e. The Morgan fingerprint density at radius 2 is 2.09 bits per heavy atom. The van der Waals surface area contributed by atoms with Crippen LogP contribution in [0.3, 0.4) is 0 Å². The highest BCUT2D eigenvalue weighted by molar-refractivity contribution is 7.07. The summed E-state index contributed by atoms with van der Waals surface area (Å²) < 4.78 is 0. The van der Waals surface area contributed by atoms with Gasteiger partial charge in [0.1, 0.15) is 5.69 Å². The number of carbonyl (C=O) groups is 1. The number of thiazole rings is 1. The van der Waals surface area contributed by atoms with Gasteiger partial charge in [0.2, 0.25) is 0 Å². The zero-order valence-electron chi connectivity index (χ0n) is 12.0. The summed E-state index contributed by atoms with van der Waals surface area (Å²) >= 11 is 7.39. The fourth-order valence-electron chi connectivity index (χ4n) is 3.40. The molecule has 4 nitrogen and oxygen atoms in total. The van der Waals surface area contributed by atoms with E-state index < -0.39 is 0 Å². The number of amides is 1. The molecule has 2 atom stereocenters. The van der Waals surface area contributed by atoms with Gasteiger partial charge in [-0.1, -0.05) is 23.7 Å². The Balaban J connectivity index is 1.39. The van der Waals surface area contributed by atoms with Crippen molar-refractivity contribution < 1.29 is 4.79 Å². The van der Waals surface area contributed by atoms with Crippen molar-refractivity contribution in [2.24, 2.45) is 5.92 Å². The highest BCUT2D eigenvalue weighted by Crippen LogP contribution is 2.34. The van der Waals surface area contributed by atoms with Crippen molar-refractivity contribution in [3.63, 3.8) is 0 Å². The summed E-state index contributed by atoms with van der Waals surface area (Å²) in [6.07, 6.45) is 0. The third-order valence-corrected chi connectivity index (χ3v) is 5.42. The maximum absolute atomic E-state index is 12.4. The van der Waals surface area contributed by atoms with Gasteiger partial charge >= 0.3 is 0 Å². The first-order chi connectivity index (χ1) is 10.7. The smallest absolute Gasteiger partial charge is 0.273 e. The Morgan fingerprint density at radius 3 is 2.82 bits per heavy atom. The van der Waals surface area contributed by atoms with E-state index in [0.29, 0.717) is 17.7 Å². The minimum atomic E-state index is 0.0714. The van der Waals surface area contributed by atoms with Crippen molar-refractivity contribution in [1.29, 1.82) is 0 Å². The number of nitrogens with zero attached hydrogens (tertiary/aromatic N) is 3. The van der Waals surface area contributed by atoms with Gasteiger partial charge in [-0.3, -0.25) is 9.69 Å². The predicted octanol–water partition coefficient (Wildman–Crippen LogP) is 2.75. The lowest BCUT2D eigenvalue weighted by molar-refractivity contribution is 0.0433. The molecule has 0 N–H and O–H groups in total. The van der Waals surface area contributed by atoms with E-state index in [9.17, 15) is 4.79 Å². The minimum absolute atomic E-state index is 0.0714. The van der Waals surface area contributed by atoms with E-state index in [1.165, 1.54) is 16.9 Å². The van der Waals surface area contributed by atoms with E-state index in [-0.39, 0.29) is 5.91 Å². The first-order valence-electron chi connectivity index (χ1n) is 7.36. The van der Waals surface area contributed by atoms with Crippen LogP contribution in [0.1, 0.15) is 16.1 Å². The van der Waals surface area contributed by atoms with Gasteiger partial charge in [-0.25, -0.2) is 4.98 Å². The standard InChI is InChI=1S/C16H16ClN3OS/c17-13-3-1-11(2-4-13)5-19-6-12-7-20(8-15(12)19)16(21)14-9-22-10-18-14/h1-4,9-10,12,15H,5-8H2/t12-,15+/m0/s1. The third kappa shape index (κ3) is 2.53. The Kier molecular flexibility index (Phi) is 3.64. The van der Waals surface area contributed by atoms with Crippen LogP contribution in [0.4, 0.5) is 0 Å².